The monoisotopic (exact) mass is 482 g/mol. The Labute approximate surface area is 215 Å². The van der Waals surface area contributed by atoms with Crippen molar-refractivity contribution in [3.8, 4) is 0 Å². The molecule has 0 bridgehead atoms. The fourth-order valence-electron chi connectivity index (χ4n) is 5.80. The molecule has 0 aliphatic heterocycles. The van der Waals surface area contributed by atoms with Gasteiger partial charge in [-0.05, 0) is 0 Å². The molecule has 1 aliphatic carbocycles. The van der Waals surface area contributed by atoms with E-state index in [-0.39, 0.29) is 6.71 Å². The van der Waals surface area contributed by atoms with Crippen LogP contribution in [0.5, 0.6) is 0 Å². The maximum atomic E-state index is 2.55. The van der Waals surface area contributed by atoms with Crippen LogP contribution < -0.4 is 10.9 Å². The quantitative estimate of drug-likeness (QED) is 0.243. The first kappa shape index (κ1) is 26.0. The SMILES string of the molecule is Cc1ccc(B(/C(=C(\C[PH](C)(C)C)C2CCCCC2)c2ccc(C)cc2)c2ccc(C)cc2)cc1. The Morgan fingerprint density at radius 3 is 1.51 bits per heavy atom. The summed E-state index contributed by atoms with van der Waals surface area (Å²) >= 11 is 0. The fraction of sp³-hybridized carbons (Fsp3) is 0.394. The van der Waals surface area contributed by atoms with Gasteiger partial charge in [0.1, 0.15) is 0 Å². The van der Waals surface area contributed by atoms with E-state index in [2.05, 4.69) is 114 Å². The summed E-state index contributed by atoms with van der Waals surface area (Å²) < 4.78 is 0. The summed E-state index contributed by atoms with van der Waals surface area (Å²) in [5, 5.41) is 0. The molecule has 0 atom stereocenters. The van der Waals surface area contributed by atoms with Crippen molar-refractivity contribution in [3.05, 3.63) is 101 Å². The van der Waals surface area contributed by atoms with Gasteiger partial charge in [0.2, 0.25) is 0 Å². The summed E-state index contributed by atoms with van der Waals surface area (Å²) in [4.78, 5) is 0. The minimum atomic E-state index is -1.33. The van der Waals surface area contributed by atoms with Gasteiger partial charge in [-0.3, -0.25) is 0 Å². The van der Waals surface area contributed by atoms with Crippen molar-refractivity contribution in [1.82, 2.24) is 0 Å². The third kappa shape index (κ3) is 6.77. The van der Waals surface area contributed by atoms with Crippen molar-refractivity contribution < 1.29 is 0 Å². The van der Waals surface area contributed by atoms with E-state index in [4.69, 9.17) is 0 Å². The number of hydrogen-bond donors (Lipinski definition) is 0. The van der Waals surface area contributed by atoms with Gasteiger partial charge in [0, 0.05) is 0 Å². The summed E-state index contributed by atoms with van der Waals surface area (Å²) in [7, 11) is -1.33. The van der Waals surface area contributed by atoms with E-state index < -0.39 is 7.26 Å². The summed E-state index contributed by atoms with van der Waals surface area (Å²) in [6.07, 6.45) is 8.14. The molecule has 0 saturated heterocycles. The molecule has 184 valence electrons. The Morgan fingerprint density at radius 2 is 1.09 bits per heavy atom. The van der Waals surface area contributed by atoms with Crippen LogP contribution in [0.1, 0.15) is 54.4 Å². The molecule has 0 unspecified atom stereocenters. The van der Waals surface area contributed by atoms with Gasteiger partial charge in [-0.25, -0.2) is 0 Å². The molecule has 1 fully saturated rings. The van der Waals surface area contributed by atoms with Gasteiger partial charge < -0.3 is 0 Å². The molecule has 35 heavy (non-hydrogen) atoms. The molecule has 0 spiro atoms. The zero-order valence-corrected chi connectivity index (χ0v) is 23.8. The van der Waals surface area contributed by atoms with Crippen molar-refractivity contribution in [3.63, 3.8) is 0 Å². The topological polar surface area (TPSA) is 0 Å². The van der Waals surface area contributed by atoms with Crippen LogP contribution in [0.15, 0.2) is 78.4 Å². The second-order valence-corrected chi connectivity index (χ2v) is 17.6. The molecule has 0 heterocycles. The fourth-order valence-corrected chi connectivity index (χ4v) is 7.42. The van der Waals surface area contributed by atoms with Crippen LogP contribution in [-0.4, -0.2) is 32.9 Å². The Hall–Kier alpha value is -2.11. The van der Waals surface area contributed by atoms with Crippen LogP contribution in [0.25, 0.3) is 5.47 Å². The first-order chi connectivity index (χ1) is 16.7. The first-order valence-electron chi connectivity index (χ1n) is 13.6. The van der Waals surface area contributed by atoms with Gasteiger partial charge in [0.05, 0.1) is 0 Å². The van der Waals surface area contributed by atoms with Crippen LogP contribution in [0.4, 0.5) is 0 Å². The first-order valence-corrected chi connectivity index (χ1v) is 17.3. The predicted molar refractivity (Wildman–Crippen MR) is 163 cm³/mol. The van der Waals surface area contributed by atoms with E-state index >= 15 is 0 Å². The van der Waals surface area contributed by atoms with E-state index in [0.717, 1.165) is 0 Å². The molecule has 4 rings (SSSR count). The Kier molecular flexibility index (Phi) is 8.39. The molecule has 0 nitrogen and oxygen atoms in total. The molecule has 0 N–H and O–H groups in total. The molecular formula is C33H44BP. The summed E-state index contributed by atoms with van der Waals surface area (Å²) in [6.45, 7) is 14.5. The van der Waals surface area contributed by atoms with Gasteiger partial charge in [0.15, 0.2) is 0 Å². The Morgan fingerprint density at radius 1 is 0.657 bits per heavy atom. The molecule has 0 amide bonds. The third-order valence-corrected chi connectivity index (χ3v) is 9.08. The number of hydrogen-bond acceptors (Lipinski definition) is 0. The zero-order chi connectivity index (χ0) is 25.0. The van der Waals surface area contributed by atoms with Gasteiger partial charge in [0.25, 0.3) is 0 Å². The molecule has 1 saturated carbocycles. The molecule has 3 aromatic rings. The second-order valence-electron chi connectivity index (χ2n) is 12.1. The normalized spacial score (nSPS) is 16.1. The van der Waals surface area contributed by atoms with Gasteiger partial charge in [-0.1, -0.05) is 0 Å². The molecule has 1 aliphatic rings. The molecule has 0 radical (unpaired) electrons. The van der Waals surface area contributed by atoms with Crippen LogP contribution in [0.2, 0.25) is 0 Å². The summed E-state index contributed by atoms with van der Waals surface area (Å²) in [5.74, 6) is 0.713. The average molecular weight is 483 g/mol. The van der Waals surface area contributed by atoms with E-state index in [1.54, 1.807) is 11.0 Å². The van der Waals surface area contributed by atoms with Gasteiger partial charge >= 0.3 is 216 Å². The van der Waals surface area contributed by atoms with E-state index in [1.807, 2.05) is 0 Å². The van der Waals surface area contributed by atoms with Crippen LogP contribution in [0, 0.1) is 26.7 Å². The van der Waals surface area contributed by atoms with Crippen molar-refractivity contribution >= 4 is 30.4 Å². The minimum absolute atomic E-state index is 0.257. The number of aryl methyl sites for hydroxylation is 3. The molecule has 2 heteroatoms. The molecule has 0 aromatic heterocycles. The number of rotatable bonds is 7. The second kappa shape index (κ2) is 11.3. The van der Waals surface area contributed by atoms with Gasteiger partial charge in [-0.15, -0.1) is 0 Å². The summed E-state index contributed by atoms with van der Waals surface area (Å²) in [6, 6.07) is 28.1. The van der Waals surface area contributed by atoms with Crippen molar-refractivity contribution in [2.24, 2.45) is 5.92 Å². The van der Waals surface area contributed by atoms with Crippen LogP contribution in [0.3, 0.4) is 0 Å². The predicted octanol–water partition coefficient (Wildman–Crippen LogP) is 7.43. The van der Waals surface area contributed by atoms with E-state index in [1.165, 1.54) is 71.4 Å². The van der Waals surface area contributed by atoms with Crippen molar-refractivity contribution in [2.75, 3.05) is 26.2 Å². The van der Waals surface area contributed by atoms with E-state index in [9.17, 15) is 0 Å². The van der Waals surface area contributed by atoms with E-state index in [0.29, 0.717) is 5.92 Å². The Balaban J connectivity index is 2.02. The van der Waals surface area contributed by atoms with Crippen LogP contribution >= 0.6 is 7.26 Å². The van der Waals surface area contributed by atoms with Crippen molar-refractivity contribution in [1.29, 1.82) is 0 Å². The third-order valence-electron chi connectivity index (χ3n) is 7.64. The maximum absolute atomic E-state index is 2.55. The standard InChI is InChI=1S/C33H44BP/c1-25-12-18-29(19-13-25)33(32(24-35(4,5)6)28-10-8-7-9-11-28)34(30-20-14-26(2)15-21-30)31-22-16-27(3)17-23-31/h12-23,28,35H,7-11,24H2,1-6H3/b33-32+. The number of allylic oxidation sites excluding steroid dienone is 1. The number of benzene rings is 3. The Bertz CT molecular complexity index is 1080. The zero-order valence-electron chi connectivity index (χ0n) is 22.8. The summed E-state index contributed by atoms with van der Waals surface area (Å²) in [5.41, 5.74) is 11.6. The average Bonchev–Trinajstić information content (AvgIpc) is 2.84. The van der Waals surface area contributed by atoms with Gasteiger partial charge in [-0.2, -0.15) is 0 Å². The van der Waals surface area contributed by atoms with Crippen LogP contribution in [-0.2, 0) is 0 Å². The van der Waals surface area contributed by atoms with Crippen molar-refractivity contribution in [2.45, 2.75) is 52.9 Å². The molecule has 3 aromatic carbocycles. The molecular weight excluding hydrogens is 438 g/mol.